The Bertz CT molecular complexity index is 950. The van der Waals surface area contributed by atoms with Crippen LogP contribution in [0.2, 0.25) is 0 Å². The Morgan fingerprint density at radius 1 is 1.09 bits per heavy atom. The van der Waals surface area contributed by atoms with Gasteiger partial charge in [-0.1, -0.05) is 56.3 Å². The predicted molar refractivity (Wildman–Crippen MR) is 122 cm³/mol. The molecule has 0 radical (unpaired) electrons. The summed E-state index contributed by atoms with van der Waals surface area (Å²) in [4.78, 5) is 27.3. The van der Waals surface area contributed by atoms with Gasteiger partial charge in [-0.2, -0.15) is 0 Å². The highest BCUT2D eigenvalue weighted by atomic mass is 16.5. The first kappa shape index (κ1) is 23.5. The maximum Gasteiger partial charge on any atom is 0.290 e. The van der Waals surface area contributed by atoms with Crippen LogP contribution in [0.1, 0.15) is 43.9 Å². The molecule has 32 heavy (non-hydrogen) atoms. The van der Waals surface area contributed by atoms with Crippen molar-refractivity contribution in [3.63, 3.8) is 0 Å². The fourth-order valence-corrected chi connectivity index (χ4v) is 3.86. The Morgan fingerprint density at radius 3 is 2.41 bits per heavy atom. The zero-order valence-corrected chi connectivity index (χ0v) is 18.9. The number of hydrogen-bond acceptors (Lipinski definition) is 5. The lowest BCUT2D eigenvalue weighted by atomic mass is 9.92. The van der Waals surface area contributed by atoms with Crippen molar-refractivity contribution in [3.05, 3.63) is 77.1 Å². The summed E-state index contributed by atoms with van der Waals surface area (Å²) in [6.45, 7) is 5.20. The number of benzene rings is 2. The van der Waals surface area contributed by atoms with E-state index in [0.717, 1.165) is 11.1 Å². The monoisotopic (exact) mass is 437 g/mol. The number of carbonyl (C=O) groups is 2. The quantitative estimate of drug-likeness (QED) is 0.520. The van der Waals surface area contributed by atoms with E-state index in [1.807, 2.05) is 68.4 Å². The van der Waals surface area contributed by atoms with E-state index in [1.54, 1.807) is 12.0 Å². The summed E-state index contributed by atoms with van der Waals surface area (Å²) >= 11 is 0. The van der Waals surface area contributed by atoms with Gasteiger partial charge in [-0.3, -0.25) is 9.59 Å². The maximum atomic E-state index is 13.0. The van der Waals surface area contributed by atoms with Crippen molar-refractivity contribution in [2.24, 2.45) is 5.92 Å². The number of methoxy groups -OCH3 is 1. The van der Waals surface area contributed by atoms with E-state index in [4.69, 9.17) is 9.47 Å². The van der Waals surface area contributed by atoms with Crippen LogP contribution in [0.15, 0.2) is 65.9 Å². The lowest BCUT2D eigenvalue weighted by Crippen LogP contribution is -2.32. The van der Waals surface area contributed by atoms with E-state index in [9.17, 15) is 14.7 Å². The van der Waals surface area contributed by atoms with Crippen LogP contribution >= 0.6 is 0 Å². The van der Waals surface area contributed by atoms with E-state index < -0.39 is 17.7 Å². The SMILES string of the molecule is COCCCN1C(=O)C(O)=C(C(=O)CC(C)C)C1c1ccc(OCc2ccccc2)cc1. The van der Waals surface area contributed by atoms with Crippen LogP contribution in [0.25, 0.3) is 0 Å². The van der Waals surface area contributed by atoms with Crippen molar-refractivity contribution < 1.29 is 24.2 Å². The highest BCUT2D eigenvalue weighted by Gasteiger charge is 2.43. The highest BCUT2D eigenvalue weighted by molar-refractivity contribution is 6.09. The molecule has 1 aliphatic heterocycles. The van der Waals surface area contributed by atoms with Gasteiger partial charge in [0.15, 0.2) is 11.5 Å². The molecule has 0 spiro atoms. The molecule has 1 atom stereocenters. The Labute approximate surface area is 189 Å². The van der Waals surface area contributed by atoms with Gasteiger partial charge in [0.1, 0.15) is 12.4 Å². The van der Waals surface area contributed by atoms with Gasteiger partial charge in [-0.05, 0) is 35.6 Å². The third-order valence-corrected chi connectivity index (χ3v) is 5.39. The summed E-state index contributed by atoms with van der Waals surface area (Å²) in [5, 5.41) is 10.6. The van der Waals surface area contributed by atoms with Crippen LogP contribution in [-0.4, -0.2) is 42.0 Å². The number of ketones is 1. The van der Waals surface area contributed by atoms with Gasteiger partial charge in [0, 0.05) is 26.7 Å². The molecule has 1 heterocycles. The fraction of sp³-hybridized carbons (Fsp3) is 0.385. The number of carbonyl (C=O) groups excluding carboxylic acids is 2. The number of aliphatic hydroxyl groups excluding tert-OH is 1. The summed E-state index contributed by atoms with van der Waals surface area (Å²) in [7, 11) is 1.60. The van der Waals surface area contributed by atoms with Crippen LogP contribution < -0.4 is 4.74 Å². The molecule has 0 fully saturated rings. The normalized spacial score (nSPS) is 16.2. The summed E-state index contributed by atoms with van der Waals surface area (Å²) in [6.07, 6.45) is 0.878. The van der Waals surface area contributed by atoms with E-state index >= 15 is 0 Å². The molecule has 1 N–H and O–H groups in total. The molecule has 170 valence electrons. The lowest BCUT2D eigenvalue weighted by molar-refractivity contribution is -0.129. The second-order valence-electron chi connectivity index (χ2n) is 8.37. The molecule has 0 aliphatic carbocycles. The minimum absolute atomic E-state index is 0.120. The van der Waals surface area contributed by atoms with Gasteiger partial charge in [0.25, 0.3) is 5.91 Å². The molecule has 0 saturated carbocycles. The van der Waals surface area contributed by atoms with Gasteiger partial charge in [0.05, 0.1) is 11.6 Å². The second kappa shape index (κ2) is 11.0. The molecule has 6 nitrogen and oxygen atoms in total. The number of aliphatic hydroxyl groups is 1. The zero-order chi connectivity index (χ0) is 23.1. The van der Waals surface area contributed by atoms with Crippen molar-refractivity contribution in [3.8, 4) is 5.75 Å². The maximum absolute atomic E-state index is 13.0. The topological polar surface area (TPSA) is 76.1 Å². The third kappa shape index (κ3) is 5.56. The summed E-state index contributed by atoms with van der Waals surface area (Å²) < 4.78 is 11.0. The Balaban J connectivity index is 1.83. The van der Waals surface area contributed by atoms with E-state index in [1.165, 1.54) is 0 Å². The van der Waals surface area contributed by atoms with Gasteiger partial charge >= 0.3 is 0 Å². The second-order valence-corrected chi connectivity index (χ2v) is 8.37. The molecule has 2 aromatic rings. The molecule has 0 saturated heterocycles. The van der Waals surface area contributed by atoms with Crippen LogP contribution in [0.3, 0.4) is 0 Å². The molecule has 1 aliphatic rings. The van der Waals surface area contributed by atoms with E-state index in [-0.39, 0.29) is 23.7 Å². The summed E-state index contributed by atoms with van der Waals surface area (Å²) in [6, 6.07) is 16.6. The molecular weight excluding hydrogens is 406 g/mol. The Hall–Kier alpha value is -3.12. The van der Waals surface area contributed by atoms with Crippen LogP contribution in [0.4, 0.5) is 0 Å². The van der Waals surface area contributed by atoms with Crippen molar-refractivity contribution in [1.82, 2.24) is 4.90 Å². The molecule has 0 aromatic heterocycles. The average molecular weight is 438 g/mol. The molecule has 1 unspecified atom stereocenters. The number of ether oxygens (including phenoxy) is 2. The lowest BCUT2D eigenvalue weighted by Gasteiger charge is -2.27. The molecule has 0 bridgehead atoms. The number of hydrogen-bond donors (Lipinski definition) is 1. The predicted octanol–water partition coefficient (Wildman–Crippen LogP) is 4.61. The van der Waals surface area contributed by atoms with Crippen molar-refractivity contribution >= 4 is 11.7 Å². The molecule has 3 rings (SSSR count). The standard InChI is InChI=1S/C26H31NO5/c1-18(2)16-22(28)23-24(27(14-7-15-31-3)26(30)25(23)29)20-10-12-21(13-11-20)32-17-19-8-5-4-6-9-19/h4-6,8-13,18,24,29H,7,14-17H2,1-3H3. The number of nitrogens with zero attached hydrogens (tertiary/aromatic N) is 1. The summed E-state index contributed by atoms with van der Waals surface area (Å²) in [5.41, 5.74) is 2.01. The van der Waals surface area contributed by atoms with Crippen LogP contribution in [-0.2, 0) is 20.9 Å². The highest BCUT2D eigenvalue weighted by Crippen LogP contribution is 2.39. The first-order chi connectivity index (χ1) is 15.4. The number of amides is 1. The smallest absolute Gasteiger partial charge is 0.290 e. The number of rotatable bonds is 11. The minimum atomic E-state index is -0.617. The third-order valence-electron chi connectivity index (χ3n) is 5.39. The van der Waals surface area contributed by atoms with Crippen molar-refractivity contribution in [2.75, 3.05) is 20.3 Å². The largest absolute Gasteiger partial charge is 0.503 e. The molecular formula is C26H31NO5. The van der Waals surface area contributed by atoms with E-state index in [0.29, 0.717) is 31.9 Å². The first-order valence-electron chi connectivity index (χ1n) is 10.9. The molecule has 6 heteroatoms. The first-order valence-corrected chi connectivity index (χ1v) is 10.9. The Kier molecular flexibility index (Phi) is 8.06. The zero-order valence-electron chi connectivity index (χ0n) is 18.9. The van der Waals surface area contributed by atoms with Gasteiger partial charge < -0.3 is 19.5 Å². The van der Waals surface area contributed by atoms with Crippen LogP contribution in [0.5, 0.6) is 5.75 Å². The number of Topliss-reactive ketones (excluding diaryl/α,β-unsaturated/α-hetero) is 1. The average Bonchev–Trinajstić information content (AvgIpc) is 3.03. The van der Waals surface area contributed by atoms with Gasteiger partial charge in [0.2, 0.25) is 0 Å². The van der Waals surface area contributed by atoms with Gasteiger partial charge in [-0.25, -0.2) is 0 Å². The van der Waals surface area contributed by atoms with E-state index in [2.05, 4.69) is 0 Å². The van der Waals surface area contributed by atoms with Crippen molar-refractivity contribution in [2.45, 2.75) is 39.3 Å². The Morgan fingerprint density at radius 2 is 1.78 bits per heavy atom. The molecule has 2 aromatic carbocycles. The van der Waals surface area contributed by atoms with Crippen molar-refractivity contribution in [1.29, 1.82) is 0 Å². The minimum Gasteiger partial charge on any atom is -0.503 e. The van der Waals surface area contributed by atoms with Gasteiger partial charge in [-0.15, -0.1) is 0 Å². The molecule has 1 amide bonds. The summed E-state index contributed by atoms with van der Waals surface area (Å²) in [5.74, 6) is -0.342. The fourth-order valence-electron chi connectivity index (χ4n) is 3.86. The van der Waals surface area contributed by atoms with Crippen LogP contribution in [0, 0.1) is 5.92 Å².